The van der Waals surface area contributed by atoms with Crippen molar-refractivity contribution in [1.29, 1.82) is 0 Å². The molecule has 0 spiro atoms. The molecule has 108 valence electrons. The quantitative estimate of drug-likeness (QED) is 0.806. The number of nitrogens with one attached hydrogen (secondary N) is 1. The summed E-state index contributed by atoms with van der Waals surface area (Å²) >= 11 is 0. The lowest BCUT2D eigenvalue weighted by atomic mass is 10.1. The van der Waals surface area contributed by atoms with E-state index in [2.05, 4.69) is 42.2 Å². The molecule has 3 nitrogen and oxygen atoms in total. The molecule has 3 heteroatoms. The van der Waals surface area contributed by atoms with Gasteiger partial charge in [0.15, 0.2) is 0 Å². The van der Waals surface area contributed by atoms with Gasteiger partial charge in [0.1, 0.15) is 5.75 Å². The van der Waals surface area contributed by atoms with E-state index in [0.29, 0.717) is 11.8 Å². The Bertz CT molecular complexity index is 533. The average molecular weight is 272 g/mol. The Balaban J connectivity index is 2.04. The van der Waals surface area contributed by atoms with Crippen molar-refractivity contribution >= 4 is 0 Å². The van der Waals surface area contributed by atoms with Crippen LogP contribution in [0.2, 0.25) is 0 Å². The molecule has 2 aromatic rings. The van der Waals surface area contributed by atoms with Crippen LogP contribution in [0.1, 0.15) is 43.9 Å². The van der Waals surface area contributed by atoms with Crippen molar-refractivity contribution in [2.24, 2.45) is 0 Å². The SMILES string of the molecule is CCCNC(CC)c1ccn(Cc2cccc(O)c2)c1. The first-order chi connectivity index (χ1) is 9.72. The molecule has 0 fully saturated rings. The number of hydrogen-bond acceptors (Lipinski definition) is 2. The van der Waals surface area contributed by atoms with Gasteiger partial charge in [0.05, 0.1) is 0 Å². The maximum Gasteiger partial charge on any atom is 0.115 e. The average Bonchev–Trinajstić information content (AvgIpc) is 2.88. The van der Waals surface area contributed by atoms with Gasteiger partial charge in [-0.3, -0.25) is 0 Å². The number of hydrogen-bond donors (Lipinski definition) is 2. The summed E-state index contributed by atoms with van der Waals surface area (Å²) in [6.07, 6.45) is 6.55. The van der Waals surface area contributed by atoms with Gasteiger partial charge in [-0.15, -0.1) is 0 Å². The fourth-order valence-corrected chi connectivity index (χ4v) is 2.45. The van der Waals surface area contributed by atoms with Crippen LogP contribution in [0, 0.1) is 0 Å². The Hall–Kier alpha value is -1.74. The van der Waals surface area contributed by atoms with E-state index in [0.717, 1.165) is 31.5 Å². The number of nitrogens with zero attached hydrogens (tertiary/aromatic N) is 1. The minimum absolute atomic E-state index is 0.325. The molecule has 20 heavy (non-hydrogen) atoms. The van der Waals surface area contributed by atoms with E-state index < -0.39 is 0 Å². The third-order valence-electron chi connectivity index (χ3n) is 3.50. The zero-order chi connectivity index (χ0) is 14.4. The third-order valence-corrected chi connectivity index (χ3v) is 3.50. The van der Waals surface area contributed by atoms with Gasteiger partial charge in [-0.2, -0.15) is 0 Å². The van der Waals surface area contributed by atoms with Crippen LogP contribution in [0.3, 0.4) is 0 Å². The Morgan fingerprint density at radius 2 is 2.10 bits per heavy atom. The summed E-state index contributed by atoms with van der Waals surface area (Å²) in [4.78, 5) is 0. The fourth-order valence-electron chi connectivity index (χ4n) is 2.45. The van der Waals surface area contributed by atoms with Crippen molar-refractivity contribution in [3.63, 3.8) is 0 Å². The van der Waals surface area contributed by atoms with Crippen LogP contribution < -0.4 is 5.32 Å². The smallest absolute Gasteiger partial charge is 0.115 e. The van der Waals surface area contributed by atoms with E-state index in [1.54, 1.807) is 6.07 Å². The number of aromatic hydroxyl groups is 1. The van der Waals surface area contributed by atoms with Crippen molar-refractivity contribution < 1.29 is 5.11 Å². The summed E-state index contributed by atoms with van der Waals surface area (Å²) in [6, 6.07) is 10.0. The summed E-state index contributed by atoms with van der Waals surface area (Å²) in [5.74, 6) is 0.325. The summed E-state index contributed by atoms with van der Waals surface area (Å²) in [5.41, 5.74) is 2.45. The molecule has 1 aromatic heterocycles. The number of aromatic nitrogens is 1. The molecular formula is C17H24N2O. The second-order valence-electron chi connectivity index (χ2n) is 5.20. The largest absolute Gasteiger partial charge is 0.508 e. The zero-order valence-electron chi connectivity index (χ0n) is 12.3. The maximum absolute atomic E-state index is 9.50. The van der Waals surface area contributed by atoms with Gasteiger partial charge >= 0.3 is 0 Å². The highest BCUT2D eigenvalue weighted by molar-refractivity contribution is 5.28. The molecule has 2 N–H and O–H groups in total. The standard InChI is InChI=1S/C17H24N2O/c1-3-9-18-17(4-2)15-8-10-19(13-15)12-14-6-5-7-16(20)11-14/h5-8,10-11,13,17-18,20H,3-4,9,12H2,1-2H3. The van der Waals surface area contributed by atoms with Crippen molar-refractivity contribution in [3.8, 4) is 5.75 Å². The molecule has 0 radical (unpaired) electrons. The molecule has 0 bridgehead atoms. The number of phenolic OH excluding ortho intramolecular Hbond substituents is 1. The van der Waals surface area contributed by atoms with Gasteiger partial charge in [0.2, 0.25) is 0 Å². The summed E-state index contributed by atoms with van der Waals surface area (Å²) in [6.45, 7) is 6.24. The van der Waals surface area contributed by atoms with E-state index in [1.165, 1.54) is 5.56 Å². The molecule has 0 aliphatic heterocycles. The highest BCUT2D eigenvalue weighted by atomic mass is 16.3. The Kier molecular flexibility index (Phi) is 5.24. The molecule has 0 saturated carbocycles. The van der Waals surface area contributed by atoms with Crippen LogP contribution in [0.4, 0.5) is 0 Å². The monoisotopic (exact) mass is 272 g/mol. The predicted octanol–water partition coefficient (Wildman–Crippen LogP) is 3.69. The summed E-state index contributed by atoms with van der Waals surface area (Å²) in [5, 5.41) is 13.1. The van der Waals surface area contributed by atoms with Crippen LogP contribution in [0.25, 0.3) is 0 Å². The van der Waals surface area contributed by atoms with Crippen LogP contribution in [-0.4, -0.2) is 16.2 Å². The lowest BCUT2D eigenvalue weighted by Gasteiger charge is -2.15. The van der Waals surface area contributed by atoms with E-state index >= 15 is 0 Å². The lowest BCUT2D eigenvalue weighted by molar-refractivity contribution is 0.474. The summed E-state index contributed by atoms with van der Waals surface area (Å²) < 4.78 is 2.17. The third kappa shape index (κ3) is 3.87. The number of phenols is 1. The molecule has 1 aromatic carbocycles. The Morgan fingerprint density at radius 1 is 1.25 bits per heavy atom. The Morgan fingerprint density at radius 3 is 2.80 bits per heavy atom. The fraction of sp³-hybridized carbons (Fsp3) is 0.412. The molecule has 1 atom stereocenters. The zero-order valence-corrected chi connectivity index (χ0v) is 12.3. The molecule has 1 heterocycles. The van der Waals surface area contributed by atoms with E-state index in [-0.39, 0.29) is 0 Å². The molecule has 1 unspecified atom stereocenters. The van der Waals surface area contributed by atoms with Crippen molar-refractivity contribution in [2.45, 2.75) is 39.3 Å². The molecular weight excluding hydrogens is 248 g/mol. The van der Waals surface area contributed by atoms with Gasteiger partial charge in [-0.25, -0.2) is 0 Å². The highest BCUT2D eigenvalue weighted by Gasteiger charge is 2.09. The van der Waals surface area contributed by atoms with Crippen LogP contribution in [0.5, 0.6) is 5.75 Å². The van der Waals surface area contributed by atoms with Gasteiger partial charge in [-0.05, 0) is 48.7 Å². The Labute approximate surface area is 121 Å². The van der Waals surface area contributed by atoms with Crippen molar-refractivity contribution in [1.82, 2.24) is 9.88 Å². The maximum atomic E-state index is 9.50. The molecule has 0 aliphatic rings. The first-order valence-electron chi connectivity index (χ1n) is 7.40. The van der Waals surface area contributed by atoms with Crippen LogP contribution >= 0.6 is 0 Å². The molecule has 0 amide bonds. The number of rotatable bonds is 7. The molecule has 0 saturated heterocycles. The first-order valence-corrected chi connectivity index (χ1v) is 7.40. The van der Waals surface area contributed by atoms with E-state index in [9.17, 15) is 5.11 Å². The highest BCUT2D eigenvalue weighted by Crippen LogP contribution is 2.18. The topological polar surface area (TPSA) is 37.2 Å². The van der Waals surface area contributed by atoms with Gasteiger partial charge in [-0.1, -0.05) is 26.0 Å². The van der Waals surface area contributed by atoms with Gasteiger partial charge in [0, 0.05) is 25.0 Å². The van der Waals surface area contributed by atoms with Crippen LogP contribution in [0.15, 0.2) is 42.7 Å². The van der Waals surface area contributed by atoms with Gasteiger partial charge < -0.3 is 15.0 Å². The molecule has 0 aliphatic carbocycles. The molecule has 2 rings (SSSR count). The normalized spacial score (nSPS) is 12.5. The number of benzene rings is 1. The first kappa shape index (κ1) is 14.7. The predicted molar refractivity (Wildman–Crippen MR) is 83.0 cm³/mol. The van der Waals surface area contributed by atoms with Crippen molar-refractivity contribution in [2.75, 3.05) is 6.54 Å². The van der Waals surface area contributed by atoms with Crippen molar-refractivity contribution in [3.05, 3.63) is 53.9 Å². The van der Waals surface area contributed by atoms with E-state index in [4.69, 9.17) is 0 Å². The lowest BCUT2D eigenvalue weighted by Crippen LogP contribution is -2.21. The van der Waals surface area contributed by atoms with E-state index in [1.807, 2.05) is 18.2 Å². The summed E-state index contributed by atoms with van der Waals surface area (Å²) in [7, 11) is 0. The van der Waals surface area contributed by atoms with Gasteiger partial charge in [0.25, 0.3) is 0 Å². The minimum atomic E-state index is 0.325. The second-order valence-corrected chi connectivity index (χ2v) is 5.20. The van der Waals surface area contributed by atoms with Crippen LogP contribution in [-0.2, 0) is 6.54 Å². The minimum Gasteiger partial charge on any atom is -0.508 e. The second kappa shape index (κ2) is 7.15.